The van der Waals surface area contributed by atoms with Gasteiger partial charge in [-0.05, 0) is 48.0 Å². The Morgan fingerprint density at radius 3 is 2.17 bits per heavy atom. The summed E-state index contributed by atoms with van der Waals surface area (Å²) in [4.78, 5) is 32.3. The van der Waals surface area contributed by atoms with Crippen LogP contribution in [0.25, 0.3) is 6.08 Å². The third kappa shape index (κ3) is 4.42. The molecule has 0 saturated carbocycles. The monoisotopic (exact) mass is 520 g/mol. The summed E-state index contributed by atoms with van der Waals surface area (Å²) in [5.41, 5.74) is 2.37. The van der Waals surface area contributed by atoms with Gasteiger partial charge in [0.05, 0.1) is 30.5 Å². The molecular formula is C26H20N2O4S3. The van der Waals surface area contributed by atoms with Crippen LogP contribution in [0, 0.1) is 0 Å². The summed E-state index contributed by atoms with van der Waals surface area (Å²) < 4.78 is 11.0. The number of methoxy groups -OCH3 is 2. The van der Waals surface area contributed by atoms with E-state index in [-0.39, 0.29) is 18.4 Å². The van der Waals surface area contributed by atoms with E-state index in [1.165, 1.54) is 16.7 Å². The van der Waals surface area contributed by atoms with Crippen molar-refractivity contribution in [3.05, 3.63) is 77.2 Å². The Morgan fingerprint density at radius 1 is 0.914 bits per heavy atom. The predicted molar refractivity (Wildman–Crippen MR) is 144 cm³/mol. The van der Waals surface area contributed by atoms with Gasteiger partial charge in [-0.3, -0.25) is 19.4 Å². The first kappa shape index (κ1) is 23.5. The molecule has 3 aromatic rings. The molecule has 0 N–H and O–H groups in total. The third-order valence-electron chi connectivity index (χ3n) is 5.55. The van der Waals surface area contributed by atoms with Gasteiger partial charge in [0.15, 0.2) is 11.5 Å². The van der Waals surface area contributed by atoms with Gasteiger partial charge in [-0.25, -0.2) is 0 Å². The summed E-state index contributed by atoms with van der Waals surface area (Å²) in [5, 5.41) is 0. The number of ether oxygens (including phenoxy) is 2. The lowest BCUT2D eigenvalue weighted by molar-refractivity contribution is -0.127. The maximum absolute atomic E-state index is 13.6. The average Bonchev–Trinajstić information content (AvgIpc) is 3.14. The van der Waals surface area contributed by atoms with E-state index < -0.39 is 0 Å². The highest BCUT2D eigenvalue weighted by atomic mass is 32.2. The Kier molecular flexibility index (Phi) is 6.55. The molecule has 0 unspecified atom stereocenters. The summed E-state index contributed by atoms with van der Waals surface area (Å²) in [6.07, 6.45) is 1.74. The van der Waals surface area contributed by atoms with Gasteiger partial charge in [0, 0.05) is 9.79 Å². The Hall–Kier alpha value is -3.27. The molecule has 0 aromatic heterocycles. The lowest BCUT2D eigenvalue weighted by atomic mass is 10.2. The largest absolute Gasteiger partial charge is 0.493 e. The topological polar surface area (TPSA) is 59.1 Å². The van der Waals surface area contributed by atoms with Crippen LogP contribution in [0.2, 0.25) is 0 Å². The van der Waals surface area contributed by atoms with Crippen molar-refractivity contribution in [2.45, 2.75) is 9.79 Å². The van der Waals surface area contributed by atoms with Crippen LogP contribution in [0.5, 0.6) is 11.5 Å². The van der Waals surface area contributed by atoms with Crippen LogP contribution in [-0.4, -0.2) is 41.8 Å². The number of thioether (sulfide) groups is 1. The van der Waals surface area contributed by atoms with Crippen molar-refractivity contribution in [1.29, 1.82) is 0 Å². The first-order chi connectivity index (χ1) is 17.0. The SMILES string of the molecule is COc1ccc(C=C2SC(=S)N(CC(=O)N3c4ccccc4Sc4ccccc43)C2=O)cc1OC. The summed E-state index contributed by atoms with van der Waals surface area (Å²) in [6, 6.07) is 20.9. The number of nitrogens with zero attached hydrogens (tertiary/aromatic N) is 2. The first-order valence-electron chi connectivity index (χ1n) is 10.7. The molecule has 0 aliphatic carbocycles. The van der Waals surface area contributed by atoms with Crippen molar-refractivity contribution in [1.82, 2.24) is 4.90 Å². The number of hydrogen-bond acceptors (Lipinski definition) is 7. The van der Waals surface area contributed by atoms with E-state index in [9.17, 15) is 9.59 Å². The van der Waals surface area contributed by atoms with Crippen molar-refractivity contribution in [3.63, 3.8) is 0 Å². The number of amides is 2. The van der Waals surface area contributed by atoms with E-state index in [2.05, 4.69) is 0 Å². The van der Waals surface area contributed by atoms with Crippen LogP contribution in [0.4, 0.5) is 11.4 Å². The molecule has 0 atom stereocenters. The lowest BCUT2D eigenvalue weighted by Gasteiger charge is -2.32. The number of benzene rings is 3. The number of para-hydroxylation sites is 2. The fraction of sp³-hybridized carbons (Fsp3) is 0.115. The van der Waals surface area contributed by atoms with Gasteiger partial charge in [-0.15, -0.1) is 0 Å². The molecular weight excluding hydrogens is 500 g/mol. The molecule has 1 fully saturated rings. The summed E-state index contributed by atoms with van der Waals surface area (Å²) in [7, 11) is 3.12. The van der Waals surface area contributed by atoms with Crippen LogP contribution in [0.15, 0.2) is 81.4 Å². The number of hydrogen-bond donors (Lipinski definition) is 0. The van der Waals surface area contributed by atoms with Gasteiger partial charge < -0.3 is 9.47 Å². The van der Waals surface area contributed by atoms with E-state index >= 15 is 0 Å². The molecule has 0 bridgehead atoms. The minimum Gasteiger partial charge on any atom is -0.493 e. The Balaban J connectivity index is 1.41. The van der Waals surface area contributed by atoms with E-state index in [4.69, 9.17) is 21.7 Å². The normalized spacial score (nSPS) is 15.8. The van der Waals surface area contributed by atoms with Gasteiger partial charge in [0.1, 0.15) is 10.9 Å². The second-order valence-electron chi connectivity index (χ2n) is 7.65. The second-order valence-corrected chi connectivity index (χ2v) is 10.4. The van der Waals surface area contributed by atoms with E-state index in [1.54, 1.807) is 49.1 Å². The quantitative estimate of drug-likeness (QED) is 0.314. The minimum absolute atomic E-state index is 0.152. The van der Waals surface area contributed by atoms with Gasteiger partial charge in [-0.2, -0.15) is 0 Å². The Labute approximate surface area is 216 Å². The second kappa shape index (κ2) is 9.77. The maximum Gasteiger partial charge on any atom is 0.266 e. The number of carbonyl (C=O) groups excluding carboxylic acids is 2. The highest BCUT2D eigenvalue weighted by Gasteiger charge is 2.36. The van der Waals surface area contributed by atoms with Gasteiger partial charge in [0.25, 0.3) is 11.8 Å². The van der Waals surface area contributed by atoms with Crippen LogP contribution < -0.4 is 14.4 Å². The molecule has 2 heterocycles. The van der Waals surface area contributed by atoms with Crippen molar-refractivity contribution >= 4 is 69.3 Å². The lowest BCUT2D eigenvalue weighted by Crippen LogP contribution is -2.41. The number of fused-ring (bicyclic) bond motifs is 2. The molecule has 0 spiro atoms. The number of carbonyl (C=O) groups is 2. The molecule has 1 saturated heterocycles. The molecule has 2 aliphatic heterocycles. The Bertz CT molecular complexity index is 1340. The average molecular weight is 521 g/mol. The molecule has 9 heteroatoms. The molecule has 176 valence electrons. The van der Waals surface area contributed by atoms with E-state index in [0.717, 1.165) is 26.7 Å². The molecule has 0 radical (unpaired) electrons. The zero-order valence-corrected chi connectivity index (χ0v) is 21.3. The van der Waals surface area contributed by atoms with Gasteiger partial charge in [0.2, 0.25) is 0 Å². The summed E-state index contributed by atoms with van der Waals surface area (Å²) in [6.45, 7) is -0.152. The van der Waals surface area contributed by atoms with Gasteiger partial charge >= 0.3 is 0 Å². The predicted octanol–water partition coefficient (Wildman–Crippen LogP) is 5.73. The van der Waals surface area contributed by atoms with Crippen LogP contribution in [-0.2, 0) is 9.59 Å². The fourth-order valence-electron chi connectivity index (χ4n) is 3.91. The highest BCUT2D eigenvalue weighted by Crippen LogP contribution is 2.48. The Morgan fingerprint density at radius 2 is 1.54 bits per heavy atom. The van der Waals surface area contributed by atoms with E-state index in [1.807, 2.05) is 54.6 Å². The standard InChI is InChI=1S/C26H20N2O4S3/c1-31-19-12-11-16(13-20(19)32-2)14-23-25(30)27(26(33)35-23)15-24(29)28-17-7-3-5-9-21(17)34-22-10-6-4-8-18(22)28/h3-14H,15H2,1-2H3. The minimum atomic E-state index is -0.295. The number of anilines is 2. The first-order valence-corrected chi connectivity index (χ1v) is 12.7. The maximum atomic E-state index is 13.6. The zero-order chi connectivity index (χ0) is 24.5. The molecule has 3 aromatic carbocycles. The zero-order valence-electron chi connectivity index (χ0n) is 18.9. The van der Waals surface area contributed by atoms with Crippen molar-refractivity contribution in [2.24, 2.45) is 0 Å². The van der Waals surface area contributed by atoms with Crippen molar-refractivity contribution in [3.8, 4) is 11.5 Å². The van der Waals surface area contributed by atoms with E-state index in [0.29, 0.717) is 20.7 Å². The fourth-order valence-corrected chi connectivity index (χ4v) is 6.22. The molecule has 35 heavy (non-hydrogen) atoms. The third-order valence-corrected chi connectivity index (χ3v) is 8.06. The van der Waals surface area contributed by atoms with Crippen molar-refractivity contribution in [2.75, 3.05) is 25.7 Å². The summed E-state index contributed by atoms with van der Waals surface area (Å²) in [5.74, 6) is 0.639. The van der Waals surface area contributed by atoms with Gasteiger partial charge in [-0.1, -0.05) is 66.1 Å². The molecule has 6 nitrogen and oxygen atoms in total. The molecule has 2 amide bonds. The van der Waals surface area contributed by atoms with Crippen molar-refractivity contribution < 1.29 is 19.1 Å². The molecule has 5 rings (SSSR count). The summed E-state index contributed by atoms with van der Waals surface area (Å²) >= 11 is 8.29. The van der Waals surface area contributed by atoms with Crippen LogP contribution in [0.1, 0.15) is 5.56 Å². The van der Waals surface area contributed by atoms with Crippen LogP contribution in [0.3, 0.4) is 0 Å². The smallest absolute Gasteiger partial charge is 0.266 e. The number of thiocarbonyl (C=S) groups is 1. The highest BCUT2D eigenvalue weighted by molar-refractivity contribution is 8.26. The van der Waals surface area contributed by atoms with Crippen LogP contribution >= 0.6 is 35.7 Å². The molecule has 2 aliphatic rings. The number of rotatable bonds is 5.